The number of nitrogen functional groups attached to an aromatic ring is 1. The van der Waals surface area contributed by atoms with E-state index in [-0.39, 0.29) is 24.4 Å². The molecule has 0 unspecified atom stereocenters. The Hall–Kier alpha value is -2.11. The molecule has 0 saturated heterocycles. The van der Waals surface area contributed by atoms with Crippen LogP contribution in [-0.2, 0) is 6.54 Å². The highest BCUT2D eigenvalue weighted by Gasteiger charge is 2.15. The minimum atomic E-state index is -0.298. The Bertz CT molecular complexity index is 736. The molecule has 25 heavy (non-hydrogen) atoms. The van der Waals surface area contributed by atoms with E-state index in [1.807, 2.05) is 38.1 Å². The zero-order valence-corrected chi connectivity index (χ0v) is 15.9. The summed E-state index contributed by atoms with van der Waals surface area (Å²) in [6.07, 6.45) is 0.0536. The zero-order chi connectivity index (χ0) is 17.7. The Balaban J connectivity index is 0.00000312. The van der Waals surface area contributed by atoms with E-state index in [0.717, 1.165) is 11.3 Å². The minimum Gasteiger partial charge on any atom is -0.496 e. The summed E-state index contributed by atoms with van der Waals surface area (Å²) in [4.78, 5) is 12.5. The number of hydrogen-bond acceptors (Lipinski definition) is 4. The summed E-state index contributed by atoms with van der Waals surface area (Å²) in [5.74, 6) is 0.823. The molecule has 2 aromatic carbocycles. The van der Waals surface area contributed by atoms with E-state index < -0.39 is 0 Å². The van der Waals surface area contributed by atoms with Crippen molar-refractivity contribution in [1.82, 2.24) is 5.32 Å². The number of carbonyl (C=O) groups is 1. The number of carbonyl (C=O) groups excluding carboxylic acids is 1. The molecule has 5 nitrogen and oxygen atoms in total. The van der Waals surface area contributed by atoms with E-state index in [1.54, 1.807) is 0 Å². The summed E-state index contributed by atoms with van der Waals surface area (Å²) >= 11 is 6.01. The van der Waals surface area contributed by atoms with E-state index in [9.17, 15) is 4.79 Å². The van der Waals surface area contributed by atoms with E-state index in [0.29, 0.717) is 28.6 Å². The van der Waals surface area contributed by atoms with Gasteiger partial charge in [-0.25, -0.2) is 0 Å². The molecule has 0 fully saturated rings. The Morgan fingerprint density at radius 2 is 1.92 bits per heavy atom. The highest BCUT2D eigenvalue weighted by molar-refractivity contribution is 6.33. The van der Waals surface area contributed by atoms with Crippen molar-refractivity contribution in [1.29, 1.82) is 0 Å². The number of ether oxygens (including phenoxy) is 2. The van der Waals surface area contributed by atoms with Crippen LogP contribution in [0.2, 0.25) is 5.02 Å². The van der Waals surface area contributed by atoms with Crippen LogP contribution in [0.15, 0.2) is 36.4 Å². The predicted octanol–water partition coefficient (Wildman–Crippen LogP) is 4.07. The van der Waals surface area contributed by atoms with Crippen LogP contribution in [-0.4, -0.2) is 19.1 Å². The van der Waals surface area contributed by atoms with Gasteiger partial charge in [-0.3, -0.25) is 4.79 Å². The molecule has 0 atom stereocenters. The van der Waals surface area contributed by atoms with Gasteiger partial charge in [0.05, 0.1) is 29.5 Å². The van der Waals surface area contributed by atoms with E-state index in [1.165, 1.54) is 19.2 Å². The molecule has 2 aromatic rings. The molecule has 1 amide bonds. The molecule has 0 bridgehead atoms. The molecule has 0 aromatic heterocycles. The summed E-state index contributed by atoms with van der Waals surface area (Å²) < 4.78 is 11.0. The highest BCUT2D eigenvalue weighted by atomic mass is 35.5. The fraction of sp³-hybridized carbons (Fsp3) is 0.278. The van der Waals surface area contributed by atoms with Crippen molar-refractivity contribution >= 4 is 35.6 Å². The maximum absolute atomic E-state index is 12.5. The van der Waals surface area contributed by atoms with Crippen molar-refractivity contribution in [3.8, 4) is 11.5 Å². The van der Waals surface area contributed by atoms with Gasteiger partial charge in [0.1, 0.15) is 11.5 Å². The third-order valence-corrected chi connectivity index (χ3v) is 3.67. The van der Waals surface area contributed by atoms with E-state index in [2.05, 4.69) is 5.32 Å². The van der Waals surface area contributed by atoms with Crippen LogP contribution in [0.25, 0.3) is 0 Å². The number of benzene rings is 2. The highest BCUT2D eigenvalue weighted by Crippen LogP contribution is 2.29. The Morgan fingerprint density at radius 1 is 1.24 bits per heavy atom. The molecule has 3 N–H and O–H groups in total. The number of anilines is 1. The standard InChI is InChI=1S/C18H21ClN2O3.ClH/c1-11(2)24-16-7-5-4-6-12(16)10-21-18(22)13-8-14(19)15(20)9-17(13)23-3;/h4-9,11H,10,20H2,1-3H3,(H,21,22);1H. The molecule has 0 saturated carbocycles. The molecule has 0 radical (unpaired) electrons. The van der Waals surface area contributed by atoms with E-state index in [4.69, 9.17) is 26.8 Å². The molecule has 0 spiro atoms. The third-order valence-electron chi connectivity index (χ3n) is 3.34. The molecule has 136 valence electrons. The van der Waals surface area contributed by atoms with Crippen molar-refractivity contribution in [2.24, 2.45) is 0 Å². The molecule has 0 aliphatic rings. The SMILES string of the molecule is COc1cc(N)c(Cl)cc1C(=O)NCc1ccccc1OC(C)C.Cl. The maximum atomic E-state index is 12.5. The van der Waals surface area contributed by atoms with Crippen molar-refractivity contribution < 1.29 is 14.3 Å². The Morgan fingerprint density at radius 3 is 2.56 bits per heavy atom. The monoisotopic (exact) mass is 384 g/mol. The second-order valence-corrected chi connectivity index (χ2v) is 5.94. The fourth-order valence-electron chi connectivity index (χ4n) is 2.20. The molecular formula is C18H22Cl2N2O3. The zero-order valence-electron chi connectivity index (χ0n) is 14.3. The van der Waals surface area contributed by atoms with Crippen LogP contribution in [0, 0.1) is 0 Å². The summed E-state index contributed by atoms with van der Waals surface area (Å²) in [5.41, 5.74) is 7.32. The summed E-state index contributed by atoms with van der Waals surface area (Å²) in [5, 5.41) is 3.16. The summed E-state index contributed by atoms with van der Waals surface area (Å²) in [6, 6.07) is 10.6. The third kappa shape index (κ3) is 5.44. The Kier molecular flexibility index (Phi) is 7.87. The minimum absolute atomic E-state index is 0. The van der Waals surface area contributed by atoms with Gasteiger partial charge in [-0.15, -0.1) is 12.4 Å². The lowest BCUT2D eigenvalue weighted by molar-refractivity contribution is 0.0947. The van der Waals surface area contributed by atoms with Crippen LogP contribution < -0.4 is 20.5 Å². The lowest BCUT2D eigenvalue weighted by atomic mass is 10.1. The van der Waals surface area contributed by atoms with Crippen molar-refractivity contribution in [2.75, 3.05) is 12.8 Å². The van der Waals surface area contributed by atoms with Gasteiger partial charge in [0, 0.05) is 18.2 Å². The molecule has 2 rings (SSSR count). The number of methoxy groups -OCH3 is 1. The first-order chi connectivity index (χ1) is 11.4. The Labute approximate surface area is 158 Å². The topological polar surface area (TPSA) is 73.6 Å². The first-order valence-corrected chi connectivity index (χ1v) is 7.96. The summed E-state index contributed by atoms with van der Waals surface area (Å²) in [6.45, 7) is 4.24. The van der Waals surface area contributed by atoms with Crippen LogP contribution in [0.1, 0.15) is 29.8 Å². The number of amides is 1. The quantitative estimate of drug-likeness (QED) is 0.736. The van der Waals surface area contributed by atoms with Gasteiger partial charge in [0.15, 0.2) is 0 Å². The lowest BCUT2D eigenvalue weighted by Gasteiger charge is -2.15. The van der Waals surface area contributed by atoms with Gasteiger partial charge < -0.3 is 20.5 Å². The van der Waals surface area contributed by atoms with Gasteiger partial charge in [0.25, 0.3) is 5.91 Å². The number of para-hydroxylation sites is 1. The number of halogens is 2. The average Bonchev–Trinajstić information content (AvgIpc) is 2.55. The smallest absolute Gasteiger partial charge is 0.255 e. The number of nitrogens with one attached hydrogen (secondary N) is 1. The second kappa shape index (κ2) is 9.39. The van der Waals surface area contributed by atoms with Gasteiger partial charge >= 0.3 is 0 Å². The maximum Gasteiger partial charge on any atom is 0.255 e. The van der Waals surface area contributed by atoms with Crippen LogP contribution >= 0.6 is 24.0 Å². The lowest BCUT2D eigenvalue weighted by Crippen LogP contribution is -2.24. The number of hydrogen-bond donors (Lipinski definition) is 2. The fourth-order valence-corrected chi connectivity index (χ4v) is 2.37. The van der Waals surface area contributed by atoms with Gasteiger partial charge in [-0.1, -0.05) is 29.8 Å². The van der Waals surface area contributed by atoms with Crippen molar-refractivity contribution in [2.45, 2.75) is 26.5 Å². The van der Waals surface area contributed by atoms with Gasteiger partial charge in [-0.2, -0.15) is 0 Å². The number of rotatable bonds is 6. The average molecular weight is 385 g/mol. The second-order valence-electron chi connectivity index (χ2n) is 5.53. The molecule has 0 aliphatic heterocycles. The molecule has 0 aliphatic carbocycles. The largest absolute Gasteiger partial charge is 0.496 e. The van der Waals surface area contributed by atoms with Crippen molar-refractivity contribution in [3.63, 3.8) is 0 Å². The first-order valence-electron chi connectivity index (χ1n) is 7.58. The van der Waals surface area contributed by atoms with Crippen LogP contribution in [0.4, 0.5) is 5.69 Å². The van der Waals surface area contributed by atoms with E-state index >= 15 is 0 Å². The normalized spacial score (nSPS) is 10.1. The molecule has 0 heterocycles. The molecule has 7 heteroatoms. The van der Waals surface area contributed by atoms with Crippen LogP contribution in [0.5, 0.6) is 11.5 Å². The number of nitrogens with two attached hydrogens (primary N) is 1. The predicted molar refractivity (Wildman–Crippen MR) is 103 cm³/mol. The molecular weight excluding hydrogens is 363 g/mol. The van der Waals surface area contributed by atoms with Gasteiger partial charge in [0.2, 0.25) is 0 Å². The van der Waals surface area contributed by atoms with Crippen LogP contribution in [0.3, 0.4) is 0 Å². The van der Waals surface area contributed by atoms with Crippen molar-refractivity contribution in [3.05, 3.63) is 52.5 Å². The van der Waals surface area contributed by atoms with Gasteiger partial charge in [-0.05, 0) is 26.0 Å². The first kappa shape index (κ1) is 20.9. The summed E-state index contributed by atoms with van der Waals surface area (Å²) in [7, 11) is 1.48.